The Balaban J connectivity index is 1.33. The molecule has 0 aromatic heterocycles. The first kappa shape index (κ1) is 17.5. The van der Waals surface area contributed by atoms with Gasteiger partial charge in [0.2, 0.25) is 0 Å². The van der Waals surface area contributed by atoms with Crippen molar-refractivity contribution in [2.75, 3.05) is 6.61 Å². The summed E-state index contributed by atoms with van der Waals surface area (Å²) in [4.78, 5) is 25.0. The fourth-order valence-corrected chi connectivity index (χ4v) is 5.85. The molecule has 26 heavy (non-hydrogen) atoms. The van der Waals surface area contributed by atoms with Crippen LogP contribution in [0.3, 0.4) is 0 Å². The van der Waals surface area contributed by atoms with Gasteiger partial charge in [-0.2, -0.15) is 0 Å². The summed E-state index contributed by atoms with van der Waals surface area (Å²) < 4.78 is 5.41. The van der Waals surface area contributed by atoms with Crippen molar-refractivity contribution in [1.29, 1.82) is 0 Å². The first-order chi connectivity index (χ1) is 12.4. The molecule has 4 aliphatic carbocycles. The van der Waals surface area contributed by atoms with Gasteiger partial charge in [-0.1, -0.05) is 30.3 Å². The van der Waals surface area contributed by atoms with Gasteiger partial charge in [0.05, 0.1) is 17.1 Å². The Hall–Kier alpha value is -1.88. The number of carbonyl (C=O) groups is 2. The monoisotopic (exact) mass is 357 g/mol. The normalized spacial score (nSPS) is 35.8. The van der Waals surface area contributed by atoms with Crippen LogP contribution in [-0.2, 0) is 14.3 Å². The quantitative estimate of drug-likeness (QED) is 0.795. The molecule has 0 spiro atoms. The molecular formula is C21H27NO4. The summed E-state index contributed by atoms with van der Waals surface area (Å²) in [6.45, 7) is 1.65. The van der Waals surface area contributed by atoms with Crippen molar-refractivity contribution >= 4 is 11.9 Å². The Labute approximate surface area is 154 Å². The van der Waals surface area contributed by atoms with Crippen LogP contribution < -0.4 is 5.32 Å². The second-order valence-corrected chi connectivity index (χ2v) is 8.74. The molecular weight excluding hydrogens is 330 g/mol. The van der Waals surface area contributed by atoms with Crippen molar-refractivity contribution in [1.82, 2.24) is 5.32 Å². The average molecular weight is 357 g/mol. The predicted octanol–water partition coefficient (Wildman–Crippen LogP) is 2.74. The molecule has 4 bridgehead atoms. The summed E-state index contributed by atoms with van der Waals surface area (Å²) >= 11 is 0. The van der Waals surface area contributed by atoms with Gasteiger partial charge in [0.15, 0.2) is 6.61 Å². The molecule has 2 N–H and O–H groups in total. The molecule has 5 rings (SSSR count). The lowest BCUT2D eigenvalue weighted by Crippen LogP contribution is -2.58. The van der Waals surface area contributed by atoms with E-state index in [1.165, 1.54) is 0 Å². The van der Waals surface area contributed by atoms with E-state index >= 15 is 0 Å². The summed E-state index contributed by atoms with van der Waals surface area (Å²) in [5.41, 5.74) is -0.271. The third-order valence-electron chi connectivity index (χ3n) is 6.47. The molecule has 2 unspecified atom stereocenters. The maximum Gasteiger partial charge on any atom is 0.312 e. The van der Waals surface area contributed by atoms with Crippen molar-refractivity contribution in [3.8, 4) is 0 Å². The van der Waals surface area contributed by atoms with Crippen molar-refractivity contribution in [3.05, 3.63) is 35.9 Å². The van der Waals surface area contributed by atoms with E-state index in [2.05, 4.69) is 5.32 Å². The Morgan fingerprint density at radius 2 is 1.85 bits per heavy atom. The van der Waals surface area contributed by atoms with Crippen LogP contribution in [0.15, 0.2) is 30.3 Å². The Morgan fingerprint density at radius 1 is 1.19 bits per heavy atom. The molecule has 0 saturated heterocycles. The zero-order valence-corrected chi connectivity index (χ0v) is 15.2. The molecule has 5 nitrogen and oxygen atoms in total. The number of rotatable bonds is 5. The summed E-state index contributed by atoms with van der Waals surface area (Å²) in [6, 6.07) is 9.55. The van der Waals surface area contributed by atoms with Gasteiger partial charge in [-0.25, -0.2) is 0 Å². The fourth-order valence-electron chi connectivity index (χ4n) is 5.85. The van der Waals surface area contributed by atoms with Crippen molar-refractivity contribution in [2.45, 2.75) is 57.1 Å². The van der Waals surface area contributed by atoms with E-state index in [-0.39, 0.29) is 24.5 Å². The maximum absolute atomic E-state index is 12.8. The van der Waals surface area contributed by atoms with Gasteiger partial charge in [0.1, 0.15) is 0 Å². The van der Waals surface area contributed by atoms with Gasteiger partial charge < -0.3 is 15.2 Å². The number of ether oxygens (including phenoxy) is 1. The summed E-state index contributed by atoms with van der Waals surface area (Å²) in [6.07, 6.45) is 4.83. The molecule has 0 aliphatic heterocycles. The molecule has 1 amide bonds. The van der Waals surface area contributed by atoms with Gasteiger partial charge >= 0.3 is 5.97 Å². The molecule has 0 radical (unpaired) electrons. The molecule has 4 fully saturated rings. The number of amides is 1. The topological polar surface area (TPSA) is 75.6 Å². The minimum atomic E-state index is -0.701. The van der Waals surface area contributed by atoms with Crippen LogP contribution in [0.2, 0.25) is 0 Å². The SMILES string of the molecule is C[C@@H](NC(=O)COC(=O)C12C[C@@H]3C[C@@H](CC(O)(C3)C1)C2)c1ccccc1. The average Bonchev–Trinajstić information content (AvgIpc) is 2.58. The summed E-state index contributed by atoms with van der Waals surface area (Å²) in [5.74, 6) is 0.243. The highest BCUT2D eigenvalue weighted by Crippen LogP contribution is 2.61. The Morgan fingerprint density at radius 3 is 2.46 bits per heavy atom. The van der Waals surface area contributed by atoms with Gasteiger partial charge in [-0.05, 0) is 62.8 Å². The summed E-state index contributed by atoms with van der Waals surface area (Å²) in [5, 5.41) is 13.6. The second kappa shape index (κ2) is 6.38. The minimum absolute atomic E-state index is 0.136. The third-order valence-corrected chi connectivity index (χ3v) is 6.47. The van der Waals surface area contributed by atoms with Crippen LogP contribution in [0.5, 0.6) is 0 Å². The molecule has 4 aliphatic rings. The van der Waals surface area contributed by atoms with Crippen LogP contribution in [-0.4, -0.2) is 29.2 Å². The number of hydrogen-bond donors (Lipinski definition) is 2. The van der Waals surface area contributed by atoms with Crippen LogP contribution in [0.25, 0.3) is 0 Å². The third kappa shape index (κ3) is 3.25. The zero-order valence-electron chi connectivity index (χ0n) is 15.2. The van der Waals surface area contributed by atoms with E-state index in [9.17, 15) is 14.7 Å². The number of benzene rings is 1. The molecule has 140 valence electrons. The molecule has 1 aromatic rings. The maximum atomic E-state index is 12.8. The van der Waals surface area contributed by atoms with Crippen LogP contribution in [0.1, 0.15) is 57.1 Å². The van der Waals surface area contributed by atoms with Gasteiger partial charge in [0, 0.05) is 0 Å². The smallest absolute Gasteiger partial charge is 0.312 e. The lowest BCUT2D eigenvalue weighted by Gasteiger charge is -2.58. The van der Waals surface area contributed by atoms with E-state index < -0.39 is 11.0 Å². The highest BCUT2D eigenvalue weighted by molar-refractivity contribution is 5.83. The van der Waals surface area contributed by atoms with Crippen LogP contribution in [0.4, 0.5) is 0 Å². The van der Waals surface area contributed by atoms with E-state index in [4.69, 9.17) is 4.74 Å². The Bertz CT molecular complexity index is 687. The number of nitrogens with one attached hydrogen (secondary N) is 1. The van der Waals surface area contributed by atoms with Crippen LogP contribution >= 0.6 is 0 Å². The zero-order chi connectivity index (χ0) is 18.4. The van der Waals surface area contributed by atoms with Crippen molar-refractivity contribution in [2.24, 2.45) is 17.3 Å². The highest BCUT2D eigenvalue weighted by Gasteiger charge is 2.60. The van der Waals surface area contributed by atoms with Gasteiger partial charge in [0.25, 0.3) is 5.91 Å². The Kier molecular flexibility index (Phi) is 4.30. The van der Waals surface area contributed by atoms with Gasteiger partial charge in [-0.3, -0.25) is 9.59 Å². The lowest BCUT2D eigenvalue weighted by molar-refractivity contribution is -0.196. The molecule has 1 aromatic carbocycles. The lowest BCUT2D eigenvalue weighted by atomic mass is 9.48. The molecule has 5 heteroatoms. The van der Waals surface area contributed by atoms with E-state index in [0.717, 1.165) is 37.7 Å². The molecule has 0 heterocycles. The fraction of sp³-hybridized carbons (Fsp3) is 0.619. The number of hydrogen-bond acceptors (Lipinski definition) is 4. The standard InChI is InChI=1S/C21H27NO4/c1-14(17-5-3-2-4-6-17)22-18(23)12-26-19(24)20-8-15-7-16(9-20)11-21(25,10-15)13-20/h2-6,14-16,25H,7-13H2,1H3,(H,22,23)/t14-,15-,16+,20?,21?/m1/s1. The largest absolute Gasteiger partial charge is 0.455 e. The minimum Gasteiger partial charge on any atom is -0.455 e. The van der Waals surface area contributed by atoms with E-state index in [1.54, 1.807) is 0 Å². The highest BCUT2D eigenvalue weighted by atomic mass is 16.5. The predicted molar refractivity (Wildman–Crippen MR) is 96.0 cm³/mol. The first-order valence-corrected chi connectivity index (χ1v) is 9.61. The van der Waals surface area contributed by atoms with E-state index in [0.29, 0.717) is 18.3 Å². The molecule has 5 atom stereocenters. The molecule has 4 saturated carbocycles. The first-order valence-electron chi connectivity index (χ1n) is 9.61. The van der Waals surface area contributed by atoms with Gasteiger partial charge in [-0.15, -0.1) is 0 Å². The van der Waals surface area contributed by atoms with Crippen LogP contribution in [0, 0.1) is 17.3 Å². The number of carbonyl (C=O) groups excluding carboxylic acids is 2. The second-order valence-electron chi connectivity index (χ2n) is 8.74. The van der Waals surface area contributed by atoms with Crippen molar-refractivity contribution in [3.63, 3.8) is 0 Å². The van der Waals surface area contributed by atoms with E-state index in [1.807, 2.05) is 37.3 Å². The number of aliphatic hydroxyl groups is 1. The number of esters is 1. The van der Waals surface area contributed by atoms with Crippen molar-refractivity contribution < 1.29 is 19.4 Å². The summed E-state index contributed by atoms with van der Waals surface area (Å²) in [7, 11) is 0.